The van der Waals surface area contributed by atoms with E-state index in [1.807, 2.05) is 4.90 Å². The van der Waals surface area contributed by atoms with Gasteiger partial charge in [0.2, 0.25) is 0 Å². The summed E-state index contributed by atoms with van der Waals surface area (Å²) in [6.45, 7) is 5.18. The molecule has 1 aliphatic heterocycles. The van der Waals surface area contributed by atoms with E-state index in [4.69, 9.17) is 4.74 Å². The van der Waals surface area contributed by atoms with Gasteiger partial charge in [-0.25, -0.2) is 0 Å². The predicted molar refractivity (Wildman–Crippen MR) is 64.9 cm³/mol. The number of carbonyl (C=O) groups is 1. The first-order chi connectivity index (χ1) is 7.33. The fraction of sp³-hybridized carbons (Fsp3) is 0.909. The molecule has 4 nitrogen and oxygen atoms in total. The Balaban J connectivity index is 0.00000128. The Morgan fingerprint density at radius 2 is 2.25 bits per heavy atom. The molecule has 2 rings (SSSR count). The van der Waals surface area contributed by atoms with Gasteiger partial charge in [0.15, 0.2) is 0 Å². The molecule has 1 atom stereocenters. The summed E-state index contributed by atoms with van der Waals surface area (Å²) in [5.74, 6) is 0.187. The summed E-state index contributed by atoms with van der Waals surface area (Å²) in [5, 5.41) is 3.20. The SMILES string of the molecule is CCCN(C(=O)C1CNCCO1)C1CC1.Cl. The molecule has 0 aromatic rings. The molecule has 1 saturated heterocycles. The minimum absolute atomic E-state index is 0. The molecule has 1 N–H and O–H groups in total. The quantitative estimate of drug-likeness (QED) is 0.800. The maximum absolute atomic E-state index is 12.1. The number of hydrogen-bond acceptors (Lipinski definition) is 3. The normalized spacial score (nSPS) is 24.7. The van der Waals surface area contributed by atoms with Gasteiger partial charge in [0.05, 0.1) is 6.61 Å². The number of morpholine rings is 1. The van der Waals surface area contributed by atoms with E-state index < -0.39 is 0 Å². The van der Waals surface area contributed by atoms with Crippen LogP contribution in [0.4, 0.5) is 0 Å². The smallest absolute Gasteiger partial charge is 0.253 e. The molecule has 2 fully saturated rings. The van der Waals surface area contributed by atoms with Crippen LogP contribution in [-0.2, 0) is 9.53 Å². The number of amides is 1. The van der Waals surface area contributed by atoms with Crippen LogP contribution in [0.25, 0.3) is 0 Å². The number of nitrogens with zero attached hydrogens (tertiary/aromatic N) is 1. The highest BCUT2D eigenvalue weighted by molar-refractivity contribution is 5.85. The monoisotopic (exact) mass is 248 g/mol. The van der Waals surface area contributed by atoms with Crippen LogP contribution in [0.1, 0.15) is 26.2 Å². The van der Waals surface area contributed by atoms with Crippen molar-refractivity contribution in [3.05, 3.63) is 0 Å². The van der Waals surface area contributed by atoms with Gasteiger partial charge in [0, 0.05) is 25.7 Å². The van der Waals surface area contributed by atoms with Gasteiger partial charge in [0.25, 0.3) is 5.91 Å². The van der Waals surface area contributed by atoms with Gasteiger partial charge in [0.1, 0.15) is 6.10 Å². The molecule has 94 valence electrons. The van der Waals surface area contributed by atoms with Gasteiger partial charge in [-0.3, -0.25) is 4.79 Å². The molecule has 0 spiro atoms. The van der Waals surface area contributed by atoms with Crippen LogP contribution < -0.4 is 5.32 Å². The Bertz CT molecular complexity index is 228. The summed E-state index contributed by atoms with van der Waals surface area (Å²) in [5.41, 5.74) is 0. The number of carbonyl (C=O) groups excluding carboxylic acids is 1. The van der Waals surface area contributed by atoms with Crippen molar-refractivity contribution in [1.82, 2.24) is 10.2 Å². The first-order valence-corrected chi connectivity index (χ1v) is 5.95. The zero-order valence-corrected chi connectivity index (χ0v) is 10.6. The summed E-state index contributed by atoms with van der Waals surface area (Å²) >= 11 is 0. The molecule has 16 heavy (non-hydrogen) atoms. The number of hydrogen-bond donors (Lipinski definition) is 1. The maximum Gasteiger partial charge on any atom is 0.253 e. The van der Waals surface area contributed by atoms with E-state index in [0.717, 1.165) is 19.5 Å². The average molecular weight is 249 g/mol. The van der Waals surface area contributed by atoms with E-state index in [2.05, 4.69) is 12.2 Å². The molecule has 0 radical (unpaired) electrons. The van der Waals surface area contributed by atoms with Gasteiger partial charge in [-0.05, 0) is 19.3 Å². The maximum atomic E-state index is 12.1. The topological polar surface area (TPSA) is 41.6 Å². The lowest BCUT2D eigenvalue weighted by molar-refractivity contribution is -0.145. The summed E-state index contributed by atoms with van der Waals surface area (Å²) in [6.07, 6.45) is 3.13. The lowest BCUT2D eigenvalue weighted by atomic mass is 10.2. The standard InChI is InChI=1S/C11H20N2O2.ClH/c1-2-6-13(9-3-4-9)11(14)10-8-12-5-7-15-10;/h9-10,12H,2-8H2,1H3;1H. The fourth-order valence-electron chi connectivity index (χ4n) is 2.01. The van der Waals surface area contributed by atoms with E-state index in [1.54, 1.807) is 0 Å². The fourth-order valence-corrected chi connectivity index (χ4v) is 2.01. The van der Waals surface area contributed by atoms with E-state index in [-0.39, 0.29) is 24.4 Å². The highest BCUT2D eigenvalue weighted by Crippen LogP contribution is 2.27. The molecule has 0 aromatic heterocycles. The second-order valence-electron chi connectivity index (χ2n) is 4.33. The van der Waals surface area contributed by atoms with Crippen LogP contribution in [0.5, 0.6) is 0 Å². The molecule has 1 unspecified atom stereocenters. The molecule has 1 saturated carbocycles. The highest BCUT2D eigenvalue weighted by Gasteiger charge is 2.36. The number of ether oxygens (including phenoxy) is 1. The molecular formula is C11H21ClN2O2. The lowest BCUT2D eigenvalue weighted by Gasteiger charge is -2.29. The van der Waals surface area contributed by atoms with Crippen molar-refractivity contribution in [1.29, 1.82) is 0 Å². The third-order valence-electron chi connectivity index (χ3n) is 2.94. The molecule has 0 aromatic carbocycles. The Morgan fingerprint density at radius 3 is 2.75 bits per heavy atom. The van der Waals surface area contributed by atoms with Gasteiger partial charge >= 0.3 is 0 Å². The van der Waals surface area contributed by atoms with E-state index >= 15 is 0 Å². The van der Waals surface area contributed by atoms with Crippen molar-refractivity contribution in [2.45, 2.75) is 38.3 Å². The third-order valence-corrected chi connectivity index (χ3v) is 2.94. The van der Waals surface area contributed by atoms with Crippen molar-refractivity contribution in [3.8, 4) is 0 Å². The summed E-state index contributed by atoms with van der Waals surface area (Å²) in [7, 11) is 0. The Hall–Kier alpha value is -0.320. The Morgan fingerprint density at radius 1 is 1.50 bits per heavy atom. The molecule has 2 aliphatic rings. The predicted octanol–water partition coefficient (Wildman–Crippen LogP) is 0.798. The first kappa shape index (κ1) is 13.7. The molecular weight excluding hydrogens is 228 g/mol. The van der Waals surface area contributed by atoms with E-state index in [1.165, 1.54) is 12.8 Å². The first-order valence-electron chi connectivity index (χ1n) is 5.95. The van der Waals surface area contributed by atoms with E-state index in [0.29, 0.717) is 19.2 Å². The van der Waals surface area contributed by atoms with Crippen molar-refractivity contribution in [3.63, 3.8) is 0 Å². The van der Waals surface area contributed by atoms with Gasteiger partial charge in [-0.1, -0.05) is 6.92 Å². The zero-order valence-electron chi connectivity index (χ0n) is 9.78. The summed E-state index contributed by atoms with van der Waals surface area (Å²) in [6, 6.07) is 0.503. The van der Waals surface area contributed by atoms with Crippen LogP contribution in [-0.4, -0.2) is 49.2 Å². The van der Waals surface area contributed by atoms with Crippen molar-refractivity contribution in [2.24, 2.45) is 0 Å². The largest absolute Gasteiger partial charge is 0.366 e. The Labute approximate surface area is 103 Å². The summed E-state index contributed by atoms with van der Waals surface area (Å²) < 4.78 is 5.49. The summed E-state index contributed by atoms with van der Waals surface area (Å²) in [4.78, 5) is 14.1. The van der Waals surface area contributed by atoms with Crippen LogP contribution in [0.15, 0.2) is 0 Å². The minimum atomic E-state index is -0.245. The van der Waals surface area contributed by atoms with Crippen LogP contribution in [0.2, 0.25) is 0 Å². The number of nitrogens with one attached hydrogen (secondary N) is 1. The van der Waals surface area contributed by atoms with Crippen LogP contribution in [0, 0.1) is 0 Å². The van der Waals surface area contributed by atoms with Gasteiger partial charge in [-0.15, -0.1) is 12.4 Å². The van der Waals surface area contributed by atoms with Gasteiger partial charge in [-0.2, -0.15) is 0 Å². The molecule has 1 heterocycles. The number of halogens is 1. The minimum Gasteiger partial charge on any atom is -0.366 e. The second kappa shape index (κ2) is 6.42. The van der Waals surface area contributed by atoms with Crippen molar-refractivity contribution >= 4 is 18.3 Å². The molecule has 5 heteroatoms. The Kier molecular flexibility index (Phi) is 5.52. The molecule has 0 bridgehead atoms. The third kappa shape index (κ3) is 3.34. The number of rotatable bonds is 4. The van der Waals surface area contributed by atoms with Crippen LogP contribution in [0.3, 0.4) is 0 Å². The van der Waals surface area contributed by atoms with Gasteiger partial charge < -0.3 is 15.0 Å². The second-order valence-corrected chi connectivity index (χ2v) is 4.33. The van der Waals surface area contributed by atoms with Crippen LogP contribution >= 0.6 is 12.4 Å². The molecule has 1 amide bonds. The van der Waals surface area contributed by atoms with E-state index in [9.17, 15) is 4.79 Å². The lowest BCUT2D eigenvalue weighted by Crippen LogP contribution is -2.50. The van der Waals surface area contributed by atoms with Crippen molar-refractivity contribution in [2.75, 3.05) is 26.2 Å². The average Bonchev–Trinajstić information content (AvgIpc) is 3.10. The zero-order chi connectivity index (χ0) is 10.7. The highest BCUT2D eigenvalue weighted by atomic mass is 35.5. The van der Waals surface area contributed by atoms with Crippen molar-refractivity contribution < 1.29 is 9.53 Å². The molecule has 1 aliphatic carbocycles.